The van der Waals surface area contributed by atoms with Gasteiger partial charge < -0.3 is 15.2 Å². The summed E-state index contributed by atoms with van der Waals surface area (Å²) in [5, 5.41) is 13.9. The van der Waals surface area contributed by atoms with Crippen molar-refractivity contribution in [2.24, 2.45) is 5.92 Å². The molecule has 2 heterocycles. The largest absolute Gasteiger partial charge is 0.389 e. The Kier molecular flexibility index (Phi) is 6.68. The van der Waals surface area contributed by atoms with E-state index in [0.717, 1.165) is 31.2 Å². The lowest BCUT2D eigenvalue weighted by atomic mass is 9.90. The van der Waals surface area contributed by atoms with Crippen LogP contribution < -0.4 is 5.32 Å². The lowest BCUT2D eigenvalue weighted by Crippen LogP contribution is -2.39. The molecule has 2 aromatic carbocycles. The molecule has 4 rings (SSSR count). The maximum Gasteiger partial charge on any atom is 0.265 e. The molecule has 3 aromatic rings. The van der Waals surface area contributed by atoms with Crippen LogP contribution >= 0.6 is 0 Å². The molecule has 0 aliphatic carbocycles. The number of piperidine rings is 1. The van der Waals surface area contributed by atoms with Gasteiger partial charge in [0.25, 0.3) is 5.91 Å². The van der Waals surface area contributed by atoms with Crippen molar-refractivity contribution in [3.05, 3.63) is 83.7 Å². The first kappa shape index (κ1) is 20.7. The first-order chi connectivity index (χ1) is 15.2. The van der Waals surface area contributed by atoms with Crippen molar-refractivity contribution >= 4 is 16.8 Å². The molecular weight excluding hydrogens is 384 g/mol. The fourth-order valence-electron chi connectivity index (χ4n) is 4.32. The Balaban J connectivity index is 1.26. The summed E-state index contributed by atoms with van der Waals surface area (Å²) >= 11 is 0. The molecule has 1 fully saturated rings. The zero-order valence-corrected chi connectivity index (χ0v) is 17.7. The lowest BCUT2D eigenvalue weighted by molar-refractivity contribution is -0.128. The highest BCUT2D eigenvalue weighted by Crippen LogP contribution is 2.22. The molecule has 0 unspecified atom stereocenters. The zero-order valence-electron chi connectivity index (χ0n) is 17.7. The Morgan fingerprint density at radius 2 is 1.87 bits per heavy atom. The van der Waals surface area contributed by atoms with E-state index in [-0.39, 0.29) is 11.5 Å². The van der Waals surface area contributed by atoms with Gasteiger partial charge in [-0.25, -0.2) is 0 Å². The third kappa shape index (κ3) is 5.16. The van der Waals surface area contributed by atoms with Gasteiger partial charge in [0.1, 0.15) is 11.6 Å². The molecule has 1 aliphatic rings. The Labute approximate surface area is 183 Å². The Morgan fingerprint density at radius 1 is 1.13 bits per heavy atom. The summed E-state index contributed by atoms with van der Waals surface area (Å²) in [5.74, 6) is 0.426. The predicted molar refractivity (Wildman–Crippen MR) is 123 cm³/mol. The number of para-hydroxylation sites is 1. The summed E-state index contributed by atoms with van der Waals surface area (Å²) in [6.07, 6.45) is 7.43. The highest BCUT2D eigenvalue weighted by molar-refractivity contribution is 5.97. The van der Waals surface area contributed by atoms with Gasteiger partial charge in [0.2, 0.25) is 0 Å². The number of fused-ring (bicyclic) bond motifs is 1. The number of rotatable bonds is 7. The molecule has 0 spiro atoms. The molecule has 1 aromatic heterocycles. The molecule has 158 valence electrons. The van der Waals surface area contributed by atoms with Crippen LogP contribution in [0.15, 0.2) is 72.6 Å². The van der Waals surface area contributed by atoms with Crippen molar-refractivity contribution in [1.29, 1.82) is 5.26 Å². The van der Waals surface area contributed by atoms with Crippen LogP contribution in [0.5, 0.6) is 0 Å². The molecule has 1 aliphatic heterocycles. The third-order valence-electron chi connectivity index (χ3n) is 6.08. The van der Waals surface area contributed by atoms with Gasteiger partial charge in [-0.15, -0.1) is 0 Å². The normalized spacial score (nSPS) is 15.1. The second-order valence-corrected chi connectivity index (χ2v) is 8.16. The van der Waals surface area contributed by atoms with Crippen LogP contribution in [-0.2, 0) is 17.6 Å². The van der Waals surface area contributed by atoms with Crippen molar-refractivity contribution in [1.82, 2.24) is 15.2 Å². The quantitative estimate of drug-likeness (QED) is 0.347. The second-order valence-electron chi connectivity index (χ2n) is 8.16. The van der Waals surface area contributed by atoms with E-state index in [1.807, 2.05) is 29.3 Å². The molecule has 5 nitrogen and oxygen atoms in total. The summed E-state index contributed by atoms with van der Waals surface area (Å²) in [7, 11) is 0. The van der Waals surface area contributed by atoms with Crippen molar-refractivity contribution in [2.75, 3.05) is 19.6 Å². The number of likely N-dealkylation sites (tertiary alicyclic amines) is 1. The second kappa shape index (κ2) is 9.99. The molecule has 0 atom stereocenters. The van der Waals surface area contributed by atoms with Crippen molar-refractivity contribution in [3.8, 4) is 6.07 Å². The highest BCUT2D eigenvalue weighted by atomic mass is 16.2. The average Bonchev–Trinajstić information content (AvgIpc) is 3.23. The van der Waals surface area contributed by atoms with Crippen LogP contribution in [-0.4, -0.2) is 35.4 Å². The third-order valence-corrected chi connectivity index (χ3v) is 6.08. The first-order valence-corrected chi connectivity index (χ1v) is 11.0. The Morgan fingerprint density at radius 3 is 2.65 bits per heavy atom. The molecule has 5 heteroatoms. The topological polar surface area (TPSA) is 71.9 Å². The predicted octanol–water partition coefficient (Wildman–Crippen LogP) is 4.19. The number of hydrogen-bond acceptors (Lipinski definition) is 3. The fraction of sp³-hybridized carbons (Fsp3) is 0.308. The lowest BCUT2D eigenvalue weighted by Gasteiger charge is -2.32. The minimum atomic E-state index is -0.166. The number of nitrogens with zero attached hydrogens (tertiary/aromatic N) is 2. The fourth-order valence-corrected chi connectivity index (χ4v) is 4.32. The summed E-state index contributed by atoms with van der Waals surface area (Å²) in [6.45, 7) is 2.09. The molecule has 2 N–H and O–H groups in total. The number of aromatic nitrogens is 1. The number of H-pyrrole nitrogens is 1. The van der Waals surface area contributed by atoms with Crippen LogP contribution in [0.25, 0.3) is 10.9 Å². The number of hydrogen-bond donors (Lipinski definition) is 2. The van der Waals surface area contributed by atoms with E-state index in [1.165, 1.54) is 16.5 Å². The van der Waals surface area contributed by atoms with Gasteiger partial charge in [-0.2, -0.15) is 5.26 Å². The molecule has 0 bridgehead atoms. The van der Waals surface area contributed by atoms with E-state index in [4.69, 9.17) is 0 Å². The number of carbonyl (C=O) groups excluding carboxylic acids is 1. The average molecular weight is 413 g/mol. The number of aromatic amines is 1. The molecule has 1 saturated heterocycles. The molecule has 31 heavy (non-hydrogen) atoms. The van der Waals surface area contributed by atoms with Crippen LogP contribution in [0, 0.1) is 17.2 Å². The molecule has 0 saturated carbocycles. The summed E-state index contributed by atoms with van der Waals surface area (Å²) in [4.78, 5) is 17.9. The minimum absolute atomic E-state index is 0.166. The Bertz CT molecular complexity index is 1090. The van der Waals surface area contributed by atoms with E-state index in [0.29, 0.717) is 25.6 Å². The zero-order chi connectivity index (χ0) is 21.5. The van der Waals surface area contributed by atoms with Gasteiger partial charge in [0, 0.05) is 42.9 Å². The van der Waals surface area contributed by atoms with E-state index in [1.54, 1.807) is 6.20 Å². The van der Waals surface area contributed by atoms with Crippen molar-refractivity contribution < 1.29 is 4.79 Å². The van der Waals surface area contributed by atoms with E-state index < -0.39 is 0 Å². The Hall–Kier alpha value is -3.52. The number of carbonyl (C=O) groups is 1. The summed E-state index contributed by atoms with van der Waals surface area (Å²) in [6, 6.07) is 20.8. The molecule has 1 amide bonds. The van der Waals surface area contributed by atoms with Crippen LogP contribution in [0.4, 0.5) is 0 Å². The smallest absolute Gasteiger partial charge is 0.265 e. The van der Waals surface area contributed by atoms with E-state index in [2.05, 4.69) is 52.8 Å². The van der Waals surface area contributed by atoms with Gasteiger partial charge in [-0.05, 0) is 48.8 Å². The maximum absolute atomic E-state index is 12.8. The minimum Gasteiger partial charge on any atom is -0.389 e. The molecular formula is C26H28N4O. The number of nitriles is 1. The monoisotopic (exact) mass is 412 g/mol. The first-order valence-electron chi connectivity index (χ1n) is 11.0. The highest BCUT2D eigenvalue weighted by Gasteiger charge is 2.25. The number of nitrogens with one attached hydrogen (secondary N) is 2. The van der Waals surface area contributed by atoms with Crippen molar-refractivity contribution in [3.63, 3.8) is 0 Å². The van der Waals surface area contributed by atoms with Crippen LogP contribution in [0.1, 0.15) is 24.0 Å². The van der Waals surface area contributed by atoms with Gasteiger partial charge in [-0.3, -0.25) is 4.79 Å². The van der Waals surface area contributed by atoms with Crippen LogP contribution in [0.3, 0.4) is 0 Å². The maximum atomic E-state index is 12.8. The van der Waals surface area contributed by atoms with Gasteiger partial charge in [0.05, 0.1) is 0 Å². The van der Waals surface area contributed by atoms with Crippen LogP contribution in [0.2, 0.25) is 0 Å². The molecule has 0 radical (unpaired) electrons. The van der Waals surface area contributed by atoms with E-state index in [9.17, 15) is 10.1 Å². The van der Waals surface area contributed by atoms with Gasteiger partial charge in [-0.1, -0.05) is 48.5 Å². The standard InChI is InChI=1S/C26H28N4O/c27-17-23(18-28-13-10-22-19-29-25-9-5-4-8-24(22)25)26(31)30-14-11-21(12-15-30)16-20-6-2-1-3-7-20/h1-9,18-19,21,28-29H,10-16H2/b23-18-. The number of benzene rings is 2. The summed E-state index contributed by atoms with van der Waals surface area (Å²) < 4.78 is 0. The van der Waals surface area contributed by atoms with Crippen molar-refractivity contribution in [2.45, 2.75) is 25.7 Å². The van der Waals surface area contributed by atoms with E-state index >= 15 is 0 Å². The number of amides is 1. The summed E-state index contributed by atoms with van der Waals surface area (Å²) in [5.41, 5.74) is 3.88. The van der Waals surface area contributed by atoms with Gasteiger partial charge >= 0.3 is 0 Å². The van der Waals surface area contributed by atoms with Gasteiger partial charge in [0.15, 0.2) is 0 Å². The SMILES string of the molecule is N#C/C(=C/NCCc1c[nH]c2ccccc12)C(=O)N1CCC(Cc2ccccc2)CC1.